The summed E-state index contributed by atoms with van der Waals surface area (Å²) >= 11 is 0. The van der Waals surface area contributed by atoms with E-state index in [2.05, 4.69) is 4.98 Å². The molecule has 8 heteroatoms. The summed E-state index contributed by atoms with van der Waals surface area (Å²) in [6.45, 7) is 1.99. The predicted molar refractivity (Wildman–Crippen MR) is 81.1 cm³/mol. The lowest BCUT2D eigenvalue weighted by molar-refractivity contribution is -0.388. The first-order valence-corrected chi connectivity index (χ1v) is 8.29. The van der Waals surface area contributed by atoms with Crippen LogP contribution in [0.4, 0.5) is 5.69 Å². The van der Waals surface area contributed by atoms with Crippen LogP contribution in [0.3, 0.4) is 0 Å². The molecule has 0 N–H and O–H groups in total. The number of hydrogen-bond acceptors (Lipinski definition) is 6. The SMILES string of the molecule is CCCCCOS(=O)(=O)c1c([N+](=O)[O-])cnc2ccccc12. The third-order valence-corrected chi connectivity index (χ3v) is 4.55. The van der Waals surface area contributed by atoms with Crippen LogP contribution in [0, 0.1) is 10.1 Å². The number of fused-ring (bicyclic) bond motifs is 1. The first kappa shape index (κ1) is 16.3. The second-order valence-corrected chi connectivity index (χ2v) is 6.28. The molecule has 2 aromatic rings. The number of nitro groups is 1. The smallest absolute Gasteiger partial charge is 0.266 e. The first-order valence-electron chi connectivity index (χ1n) is 6.89. The maximum atomic E-state index is 12.4. The Morgan fingerprint density at radius 3 is 2.68 bits per heavy atom. The Kier molecular flexibility index (Phi) is 5.04. The Morgan fingerprint density at radius 2 is 2.00 bits per heavy atom. The van der Waals surface area contributed by atoms with Crippen LogP contribution in [0.5, 0.6) is 0 Å². The summed E-state index contributed by atoms with van der Waals surface area (Å²) in [5, 5.41) is 11.3. The zero-order chi connectivity index (χ0) is 16.2. The number of unbranched alkanes of at least 4 members (excludes halogenated alkanes) is 2. The summed E-state index contributed by atoms with van der Waals surface area (Å²) in [7, 11) is -4.22. The largest absolute Gasteiger partial charge is 0.309 e. The van der Waals surface area contributed by atoms with Gasteiger partial charge in [0.1, 0.15) is 6.20 Å². The second-order valence-electron chi connectivity index (χ2n) is 4.73. The molecule has 0 fully saturated rings. The third kappa shape index (κ3) is 3.40. The van der Waals surface area contributed by atoms with Gasteiger partial charge >= 0.3 is 15.8 Å². The minimum absolute atomic E-state index is 0.00395. The molecule has 0 amide bonds. The predicted octanol–water partition coefficient (Wildman–Crippen LogP) is 3.04. The van der Waals surface area contributed by atoms with Gasteiger partial charge in [-0.3, -0.25) is 14.3 Å². The molecular weight excluding hydrogens is 308 g/mol. The van der Waals surface area contributed by atoms with Gasteiger partial charge in [0.15, 0.2) is 4.90 Å². The summed E-state index contributed by atoms with van der Waals surface area (Å²) < 4.78 is 29.7. The standard InChI is InChI=1S/C14H16N2O5S/c1-2-3-6-9-21-22(19,20)14-11-7-4-5-8-12(11)15-10-13(14)16(17)18/h4-5,7-8,10H,2-3,6,9H2,1H3. The Morgan fingerprint density at radius 1 is 1.27 bits per heavy atom. The van der Waals surface area contributed by atoms with Crippen molar-refractivity contribution in [1.82, 2.24) is 4.98 Å². The molecule has 0 atom stereocenters. The second kappa shape index (κ2) is 6.80. The molecule has 0 bridgehead atoms. The number of rotatable bonds is 7. The molecule has 0 aliphatic heterocycles. The van der Waals surface area contributed by atoms with Crippen molar-refractivity contribution < 1.29 is 17.5 Å². The van der Waals surface area contributed by atoms with E-state index in [1.165, 1.54) is 6.07 Å². The lowest BCUT2D eigenvalue weighted by Crippen LogP contribution is -2.11. The highest BCUT2D eigenvalue weighted by molar-refractivity contribution is 7.87. The summed E-state index contributed by atoms with van der Waals surface area (Å²) in [6.07, 6.45) is 3.27. The monoisotopic (exact) mass is 324 g/mol. The molecule has 0 aliphatic carbocycles. The van der Waals surface area contributed by atoms with Gasteiger partial charge in [0.2, 0.25) is 0 Å². The van der Waals surface area contributed by atoms with E-state index >= 15 is 0 Å². The lowest BCUT2D eigenvalue weighted by atomic mass is 10.2. The molecular formula is C14H16N2O5S. The van der Waals surface area contributed by atoms with E-state index in [4.69, 9.17) is 4.18 Å². The van der Waals surface area contributed by atoms with Crippen LogP contribution in [0.25, 0.3) is 10.9 Å². The van der Waals surface area contributed by atoms with Gasteiger partial charge in [0.05, 0.1) is 17.0 Å². The van der Waals surface area contributed by atoms with E-state index in [-0.39, 0.29) is 12.0 Å². The van der Waals surface area contributed by atoms with Gasteiger partial charge in [-0.1, -0.05) is 38.0 Å². The van der Waals surface area contributed by atoms with E-state index in [1.807, 2.05) is 6.92 Å². The number of aromatic nitrogens is 1. The van der Waals surface area contributed by atoms with Crippen LogP contribution in [0.1, 0.15) is 26.2 Å². The van der Waals surface area contributed by atoms with Crippen molar-refractivity contribution in [2.45, 2.75) is 31.1 Å². The molecule has 2 rings (SSSR count). The first-order chi connectivity index (χ1) is 10.5. The summed E-state index contributed by atoms with van der Waals surface area (Å²) in [6, 6.07) is 6.36. The van der Waals surface area contributed by atoms with Gasteiger partial charge in [-0.2, -0.15) is 8.42 Å². The Labute approximate surface area is 128 Å². The summed E-state index contributed by atoms with van der Waals surface area (Å²) in [5.41, 5.74) is -0.210. The van der Waals surface area contributed by atoms with E-state index in [1.54, 1.807) is 18.2 Å². The highest BCUT2D eigenvalue weighted by Crippen LogP contribution is 2.31. The van der Waals surface area contributed by atoms with Crippen molar-refractivity contribution in [3.63, 3.8) is 0 Å². The van der Waals surface area contributed by atoms with Crippen LogP contribution in [-0.2, 0) is 14.3 Å². The molecule has 118 valence electrons. The van der Waals surface area contributed by atoms with Gasteiger partial charge in [-0.15, -0.1) is 0 Å². The third-order valence-electron chi connectivity index (χ3n) is 3.14. The number of pyridine rings is 1. The van der Waals surface area contributed by atoms with Crippen LogP contribution in [0.15, 0.2) is 35.4 Å². The van der Waals surface area contributed by atoms with Crippen molar-refractivity contribution >= 4 is 26.7 Å². The maximum Gasteiger partial charge on any atom is 0.309 e. The van der Waals surface area contributed by atoms with Gasteiger partial charge in [0.25, 0.3) is 0 Å². The van der Waals surface area contributed by atoms with Gasteiger partial charge in [-0.25, -0.2) is 4.98 Å². The van der Waals surface area contributed by atoms with Crippen molar-refractivity contribution in [2.75, 3.05) is 6.61 Å². The highest BCUT2D eigenvalue weighted by atomic mass is 32.2. The van der Waals surface area contributed by atoms with Crippen LogP contribution >= 0.6 is 0 Å². The van der Waals surface area contributed by atoms with Gasteiger partial charge in [-0.05, 0) is 12.5 Å². The Balaban J connectivity index is 2.51. The van der Waals surface area contributed by atoms with Crippen molar-refractivity contribution in [3.8, 4) is 0 Å². The fraction of sp³-hybridized carbons (Fsp3) is 0.357. The van der Waals surface area contributed by atoms with Crippen LogP contribution < -0.4 is 0 Å². The molecule has 0 saturated heterocycles. The minimum atomic E-state index is -4.22. The van der Waals surface area contributed by atoms with Crippen molar-refractivity contribution in [1.29, 1.82) is 0 Å². The minimum Gasteiger partial charge on any atom is -0.266 e. The number of benzene rings is 1. The quantitative estimate of drug-likeness (QED) is 0.336. The van der Waals surface area contributed by atoms with Gasteiger partial charge in [0, 0.05) is 5.39 Å². The lowest BCUT2D eigenvalue weighted by Gasteiger charge is -2.08. The zero-order valence-corrected chi connectivity index (χ0v) is 12.9. The molecule has 0 unspecified atom stereocenters. The molecule has 0 radical (unpaired) electrons. The van der Waals surface area contributed by atoms with Crippen LogP contribution in [-0.4, -0.2) is 24.9 Å². The maximum absolute atomic E-state index is 12.4. The van der Waals surface area contributed by atoms with Crippen molar-refractivity contribution in [2.24, 2.45) is 0 Å². The molecule has 0 spiro atoms. The average Bonchev–Trinajstić information content (AvgIpc) is 2.50. The summed E-state index contributed by atoms with van der Waals surface area (Å²) in [4.78, 5) is 13.9. The zero-order valence-electron chi connectivity index (χ0n) is 12.1. The van der Waals surface area contributed by atoms with Gasteiger partial charge < -0.3 is 0 Å². The topological polar surface area (TPSA) is 99.4 Å². The molecule has 7 nitrogen and oxygen atoms in total. The fourth-order valence-electron chi connectivity index (χ4n) is 2.08. The Bertz CT molecular complexity index is 789. The number of nitrogens with zero attached hydrogens (tertiary/aromatic N) is 2. The van der Waals surface area contributed by atoms with E-state index < -0.39 is 25.6 Å². The molecule has 0 saturated carbocycles. The van der Waals surface area contributed by atoms with E-state index in [0.717, 1.165) is 19.0 Å². The highest BCUT2D eigenvalue weighted by Gasteiger charge is 2.30. The molecule has 0 aliphatic rings. The molecule has 1 aromatic carbocycles. The molecule has 22 heavy (non-hydrogen) atoms. The molecule has 1 heterocycles. The summed E-state index contributed by atoms with van der Waals surface area (Å²) in [5.74, 6) is 0. The Hall–Kier alpha value is -2.06. The van der Waals surface area contributed by atoms with Crippen molar-refractivity contribution in [3.05, 3.63) is 40.6 Å². The normalized spacial score (nSPS) is 11.7. The molecule has 1 aromatic heterocycles. The average molecular weight is 324 g/mol. The fourth-order valence-corrected chi connectivity index (χ4v) is 3.36. The van der Waals surface area contributed by atoms with Crippen LogP contribution in [0.2, 0.25) is 0 Å². The van der Waals surface area contributed by atoms with E-state index in [9.17, 15) is 18.5 Å². The number of para-hydroxylation sites is 1. The number of hydrogen-bond donors (Lipinski definition) is 0. The van der Waals surface area contributed by atoms with E-state index in [0.29, 0.717) is 11.9 Å².